The molecule has 3 aromatic rings. The minimum atomic E-state index is 0.511. The predicted octanol–water partition coefficient (Wildman–Crippen LogP) is 4.59. The van der Waals surface area contributed by atoms with Gasteiger partial charge in [0.25, 0.3) is 0 Å². The summed E-state index contributed by atoms with van der Waals surface area (Å²) in [5.41, 5.74) is 6.57. The predicted molar refractivity (Wildman–Crippen MR) is 110 cm³/mol. The second-order valence-corrected chi connectivity index (χ2v) is 7.79. The highest BCUT2D eigenvalue weighted by Crippen LogP contribution is 2.22. The van der Waals surface area contributed by atoms with Crippen LogP contribution in [0, 0.1) is 26.7 Å². The third-order valence-electron chi connectivity index (χ3n) is 4.77. The van der Waals surface area contributed by atoms with Crippen LogP contribution in [0.2, 0.25) is 5.15 Å². The Kier molecular flexibility index (Phi) is 6.02. The van der Waals surface area contributed by atoms with Crippen LogP contribution in [-0.4, -0.2) is 19.6 Å². The van der Waals surface area contributed by atoms with Gasteiger partial charge in [-0.25, -0.2) is 4.68 Å². The van der Waals surface area contributed by atoms with Crippen LogP contribution in [0.15, 0.2) is 30.3 Å². The van der Waals surface area contributed by atoms with Crippen LogP contribution in [0.5, 0.6) is 0 Å². The van der Waals surface area contributed by atoms with Crippen molar-refractivity contribution in [1.29, 1.82) is 0 Å². The molecule has 144 valence electrons. The Morgan fingerprint density at radius 3 is 2.26 bits per heavy atom. The summed E-state index contributed by atoms with van der Waals surface area (Å²) in [5, 5.41) is 13.6. The van der Waals surface area contributed by atoms with Gasteiger partial charge in [-0.1, -0.05) is 43.6 Å². The fourth-order valence-corrected chi connectivity index (χ4v) is 3.63. The fourth-order valence-electron chi connectivity index (χ4n) is 3.32. The van der Waals surface area contributed by atoms with E-state index in [0.717, 1.165) is 46.6 Å². The Morgan fingerprint density at radius 1 is 0.963 bits per heavy atom. The van der Waals surface area contributed by atoms with Gasteiger partial charge in [0.2, 0.25) is 0 Å². The first-order chi connectivity index (χ1) is 12.9. The van der Waals surface area contributed by atoms with E-state index in [4.69, 9.17) is 16.7 Å². The summed E-state index contributed by atoms with van der Waals surface area (Å²) in [5.74, 6) is 0.511. The van der Waals surface area contributed by atoms with Gasteiger partial charge in [-0.2, -0.15) is 10.2 Å². The van der Waals surface area contributed by atoms with Gasteiger partial charge in [-0.3, -0.25) is 4.68 Å². The van der Waals surface area contributed by atoms with E-state index in [-0.39, 0.29) is 0 Å². The van der Waals surface area contributed by atoms with Crippen molar-refractivity contribution in [2.24, 2.45) is 5.92 Å². The van der Waals surface area contributed by atoms with Crippen molar-refractivity contribution in [3.63, 3.8) is 0 Å². The summed E-state index contributed by atoms with van der Waals surface area (Å²) in [7, 11) is 0. The van der Waals surface area contributed by atoms with Crippen LogP contribution in [0.4, 0.5) is 0 Å². The smallest absolute Gasteiger partial charge is 0.131 e. The van der Waals surface area contributed by atoms with Gasteiger partial charge in [0.05, 0.1) is 17.1 Å². The lowest BCUT2D eigenvalue weighted by Crippen LogP contribution is -2.15. The highest BCUT2D eigenvalue weighted by atomic mass is 35.5. The summed E-state index contributed by atoms with van der Waals surface area (Å²) >= 11 is 6.55. The molecule has 0 aliphatic carbocycles. The Morgan fingerprint density at radius 2 is 1.59 bits per heavy atom. The molecule has 2 heterocycles. The van der Waals surface area contributed by atoms with Crippen molar-refractivity contribution < 1.29 is 0 Å². The number of aryl methyl sites for hydroxylation is 2. The molecule has 0 bridgehead atoms. The molecule has 0 atom stereocenters. The number of para-hydroxylation sites is 1. The molecule has 27 heavy (non-hydrogen) atoms. The maximum Gasteiger partial charge on any atom is 0.131 e. The first-order valence-corrected chi connectivity index (χ1v) is 9.79. The molecule has 1 N–H and O–H groups in total. The standard InChI is InChI=1S/C21H28ClN5/c1-14(2)13-26-21(22)20(16(4)24-26)12-23-11-19-15(3)25-27(17(19)5)18-9-7-6-8-10-18/h6-10,14,23H,11-13H2,1-5H3. The number of nitrogens with one attached hydrogen (secondary N) is 1. The highest BCUT2D eigenvalue weighted by molar-refractivity contribution is 6.30. The maximum absolute atomic E-state index is 6.55. The number of nitrogens with zero attached hydrogens (tertiary/aromatic N) is 4. The third kappa shape index (κ3) is 4.25. The van der Waals surface area contributed by atoms with E-state index in [1.807, 2.05) is 34.5 Å². The first-order valence-electron chi connectivity index (χ1n) is 9.41. The second kappa shape index (κ2) is 8.28. The molecule has 0 spiro atoms. The Hall–Kier alpha value is -2.11. The molecule has 0 unspecified atom stereocenters. The third-order valence-corrected chi connectivity index (χ3v) is 5.19. The zero-order chi connectivity index (χ0) is 19.6. The number of hydrogen-bond donors (Lipinski definition) is 1. The second-order valence-electron chi connectivity index (χ2n) is 7.43. The molecule has 0 aliphatic heterocycles. The number of aromatic nitrogens is 4. The van der Waals surface area contributed by atoms with Gasteiger partial charge in [-0.05, 0) is 38.8 Å². The molecule has 0 amide bonds. The maximum atomic E-state index is 6.55. The van der Waals surface area contributed by atoms with Gasteiger partial charge in [0, 0.05) is 36.5 Å². The Labute approximate surface area is 166 Å². The molecular formula is C21H28ClN5. The van der Waals surface area contributed by atoms with Gasteiger partial charge in [0.1, 0.15) is 5.15 Å². The molecule has 1 aromatic carbocycles. The molecule has 0 saturated heterocycles. The van der Waals surface area contributed by atoms with Crippen molar-refractivity contribution in [1.82, 2.24) is 24.9 Å². The molecule has 0 radical (unpaired) electrons. The first kappa shape index (κ1) is 19.6. The average Bonchev–Trinajstić information content (AvgIpc) is 3.06. The van der Waals surface area contributed by atoms with Crippen LogP contribution in [0.25, 0.3) is 5.69 Å². The molecule has 0 fully saturated rings. The van der Waals surface area contributed by atoms with Crippen molar-refractivity contribution >= 4 is 11.6 Å². The minimum Gasteiger partial charge on any atom is -0.308 e. The largest absolute Gasteiger partial charge is 0.308 e. The molecule has 5 nitrogen and oxygen atoms in total. The topological polar surface area (TPSA) is 47.7 Å². The van der Waals surface area contributed by atoms with E-state index < -0.39 is 0 Å². The summed E-state index contributed by atoms with van der Waals surface area (Å²) in [6, 6.07) is 10.2. The fraction of sp³-hybridized carbons (Fsp3) is 0.429. The van der Waals surface area contributed by atoms with Crippen molar-refractivity contribution in [2.75, 3.05) is 0 Å². The van der Waals surface area contributed by atoms with Crippen LogP contribution in [0.3, 0.4) is 0 Å². The number of rotatable bonds is 7. The number of hydrogen-bond acceptors (Lipinski definition) is 3. The van der Waals surface area contributed by atoms with Crippen molar-refractivity contribution in [2.45, 2.75) is 54.3 Å². The minimum absolute atomic E-state index is 0.511. The zero-order valence-corrected chi connectivity index (χ0v) is 17.5. The van der Waals surface area contributed by atoms with E-state index in [1.165, 1.54) is 5.56 Å². The summed E-state index contributed by atoms with van der Waals surface area (Å²) in [4.78, 5) is 0. The highest BCUT2D eigenvalue weighted by Gasteiger charge is 2.16. The summed E-state index contributed by atoms with van der Waals surface area (Å²) in [6.07, 6.45) is 0. The summed E-state index contributed by atoms with van der Waals surface area (Å²) in [6.45, 7) is 12.8. The van der Waals surface area contributed by atoms with Gasteiger partial charge in [-0.15, -0.1) is 0 Å². The van der Waals surface area contributed by atoms with E-state index >= 15 is 0 Å². The summed E-state index contributed by atoms with van der Waals surface area (Å²) < 4.78 is 3.91. The van der Waals surface area contributed by atoms with E-state index in [1.54, 1.807) is 0 Å². The van der Waals surface area contributed by atoms with Crippen LogP contribution < -0.4 is 5.32 Å². The molecule has 2 aromatic heterocycles. The van der Waals surface area contributed by atoms with Crippen LogP contribution in [-0.2, 0) is 19.6 Å². The van der Waals surface area contributed by atoms with Crippen LogP contribution >= 0.6 is 11.6 Å². The Balaban J connectivity index is 1.72. The van der Waals surface area contributed by atoms with Crippen LogP contribution in [0.1, 0.15) is 42.1 Å². The SMILES string of the molecule is Cc1nn(CC(C)C)c(Cl)c1CNCc1c(C)nn(-c2ccccc2)c1C. The zero-order valence-electron chi connectivity index (χ0n) is 16.8. The van der Waals surface area contributed by atoms with E-state index in [9.17, 15) is 0 Å². The van der Waals surface area contributed by atoms with Gasteiger partial charge < -0.3 is 5.32 Å². The lowest BCUT2D eigenvalue weighted by atomic mass is 10.2. The molecule has 0 aliphatic rings. The molecule has 0 saturated carbocycles. The molecular weight excluding hydrogens is 358 g/mol. The monoisotopic (exact) mass is 385 g/mol. The lowest BCUT2D eigenvalue weighted by Gasteiger charge is -2.08. The van der Waals surface area contributed by atoms with Crippen molar-refractivity contribution in [3.8, 4) is 5.69 Å². The van der Waals surface area contributed by atoms with E-state index in [0.29, 0.717) is 12.5 Å². The average molecular weight is 386 g/mol. The van der Waals surface area contributed by atoms with Crippen molar-refractivity contribution in [3.05, 3.63) is 63.7 Å². The van der Waals surface area contributed by atoms with Gasteiger partial charge in [0.15, 0.2) is 0 Å². The van der Waals surface area contributed by atoms with Gasteiger partial charge >= 0.3 is 0 Å². The number of benzene rings is 1. The number of halogens is 1. The lowest BCUT2D eigenvalue weighted by molar-refractivity contribution is 0.481. The van der Waals surface area contributed by atoms with E-state index in [2.05, 4.69) is 50.2 Å². The Bertz CT molecular complexity index is 909. The molecule has 6 heteroatoms. The quantitative estimate of drug-likeness (QED) is 0.646. The molecule has 3 rings (SSSR count). The normalized spacial score (nSPS) is 11.5.